The van der Waals surface area contributed by atoms with Gasteiger partial charge in [-0.2, -0.15) is 15.2 Å². The second-order valence-electron chi connectivity index (χ2n) is 12.0. The van der Waals surface area contributed by atoms with Crippen LogP contribution in [-0.4, -0.2) is 70.9 Å². The Bertz CT molecular complexity index is 1860. The van der Waals surface area contributed by atoms with Crippen molar-refractivity contribution in [1.82, 2.24) is 20.2 Å². The van der Waals surface area contributed by atoms with E-state index in [0.717, 1.165) is 38.8 Å². The summed E-state index contributed by atoms with van der Waals surface area (Å²) in [7, 11) is 0. The van der Waals surface area contributed by atoms with E-state index >= 15 is 8.78 Å². The lowest BCUT2D eigenvalue weighted by molar-refractivity contribution is 0.108. The predicted molar refractivity (Wildman–Crippen MR) is 164 cm³/mol. The Balaban J connectivity index is 1.40. The van der Waals surface area contributed by atoms with Crippen LogP contribution < -0.4 is 15.0 Å². The molecule has 3 saturated heterocycles. The largest absolute Gasteiger partial charge is 0.508 e. The van der Waals surface area contributed by atoms with E-state index in [-0.39, 0.29) is 51.8 Å². The smallest absolute Gasteiger partial charge is 0.319 e. The van der Waals surface area contributed by atoms with Gasteiger partial charge in [0.2, 0.25) is 0 Å². The molecule has 3 aliphatic heterocycles. The molecule has 4 heterocycles. The normalized spacial score (nSPS) is 19.6. The van der Waals surface area contributed by atoms with Gasteiger partial charge in [-0.3, -0.25) is 4.90 Å². The fraction of sp³-hybridized carbons (Fsp3) is 0.382. The van der Waals surface area contributed by atoms with E-state index in [1.54, 1.807) is 18.2 Å². The Hall–Kier alpha value is -4.51. The van der Waals surface area contributed by atoms with Gasteiger partial charge in [0.25, 0.3) is 0 Å². The first-order valence-electron chi connectivity index (χ1n) is 15.1. The number of aromatic nitrogens is 2. The molecule has 1 atom stereocenters. The number of fused-ring (bicyclic) bond motifs is 3. The van der Waals surface area contributed by atoms with Gasteiger partial charge in [0.05, 0.1) is 23.6 Å². The van der Waals surface area contributed by atoms with Gasteiger partial charge in [0.1, 0.15) is 29.5 Å². The summed E-state index contributed by atoms with van der Waals surface area (Å²) in [5.41, 5.74) is 0.0829. The third kappa shape index (κ3) is 4.75. The third-order valence-corrected chi connectivity index (χ3v) is 9.40. The molecule has 7 rings (SSSR count). The van der Waals surface area contributed by atoms with Crippen LogP contribution in [0.5, 0.6) is 11.8 Å². The molecular formula is C34H32F2N6O2. The van der Waals surface area contributed by atoms with E-state index < -0.39 is 11.6 Å². The summed E-state index contributed by atoms with van der Waals surface area (Å²) in [6.45, 7) is 3.99. The van der Waals surface area contributed by atoms with Crippen molar-refractivity contribution in [3.05, 3.63) is 53.6 Å². The minimum Gasteiger partial charge on any atom is -0.508 e. The highest BCUT2D eigenvalue weighted by Gasteiger charge is 2.45. The number of benzene rings is 3. The lowest BCUT2D eigenvalue weighted by Gasteiger charge is -2.34. The number of aromatic hydroxyl groups is 1. The number of piperazine rings is 1. The highest BCUT2D eigenvalue weighted by molar-refractivity contribution is 6.04. The molecule has 0 spiro atoms. The van der Waals surface area contributed by atoms with Crippen LogP contribution in [0.15, 0.2) is 36.4 Å². The van der Waals surface area contributed by atoms with Gasteiger partial charge in [-0.15, -0.1) is 6.42 Å². The summed E-state index contributed by atoms with van der Waals surface area (Å²) in [4.78, 5) is 13.7. The number of hydrogen-bond acceptors (Lipinski definition) is 8. The minimum atomic E-state index is -0.891. The van der Waals surface area contributed by atoms with E-state index in [4.69, 9.17) is 16.1 Å². The number of rotatable bonds is 6. The molecule has 3 fully saturated rings. The topological polar surface area (TPSA) is 97.5 Å². The van der Waals surface area contributed by atoms with Crippen molar-refractivity contribution in [1.29, 1.82) is 5.26 Å². The molecule has 0 amide bonds. The average molecular weight is 595 g/mol. The maximum Gasteiger partial charge on any atom is 0.319 e. The summed E-state index contributed by atoms with van der Waals surface area (Å²) in [6, 6.07) is 11.4. The molecule has 0 saturated carbocycles. The Kier molecular flexibility index (Phi) is 7.20. The number of phenolic OH excluding ortho intramolecular Hbond substituents is 1. The van der Waals surface area contributed by atoms with Crippen LogP contribution in [0.2, 0.25) is 0 Å². The number of anilines is 1. The molecule has 224 valence electrons. The number of nitrogens with one attached hydrogen (secondary N) is 1. The lowest BCUT2D eigenvalue weighted by Crippen LogP contribution is -2.51. The van der Waals surface area contributed by atoms with Gasteiger partial charge in [0, 0.05) is 47.6 Å². The Morgan fingerprint density at radius 2 is 1.95 bits per heavy atom. The first-order chi connectivity index (χ1) is 21.4. The quantitative estimate of drug-likeness (QED) is 0.297. The van der Waals surface area contributed by atoms with Crippen molar-refractivity contribution in [2.24, 2.45) is 0 Å². The van der Waals surface area contributed by atoms with Gasteiger partial charge in [0.15, 0.2) is 5.82 Å². The van der Waals surface area contributed by atoms with Crippen LogP contribution in [0.1, 0.15) is 37.7 Å². The Morgan fingerprint density at radius 1 is 1.14 bits per heavy atom. The molecule has 4 aromatic rings. The highest BCUT2D eigenvalue weighted by Crippen LogP contribution is 2.42. The molecule has 0 radical (unpaired) electrons. The van der Waals surface area contributed by atoms with Gasteiger partial charge in [-0.05, 0) is 68.4 Å². The molecule has 10 heteroatoms. The second-order valence-corrected chi connectivity index (χ2v) is 12.0. The van der Waals surface area contributed by atoms with Crippen molar-refractivity contribution in [3.63, 3.8) is 0 Å². The number of hydrogen-bond donors (Lipinski definition) is 2. The number of halogens is 2. The molecule has 0 aliphatic carbocycles. The maximum absolute atomic E-state index is 16.8. The van der Waals surface area contributed by atoms with Gasteiger partial charge >= 0.3 is 6.01 Å². The van der Waals surface area contributed by atoms with Crippen molar-refractivity contribution in [2.75, 3.05) is 44.2 Å². The molecule has 0 unspecified atom stereocenters. The lowest BCUT2D eigenvalue weighted by atomic mass is 9.93. The molecule has 0 bridgehead atoms. The van der Waals surface area contributed by atoms with Crippen LogP contribution in [-0.2, 0) is 0 Å². The molecule has 3 aliphatic rings. The first-order valence-corrected chi connectivity index (χ1v) is 15.1. The van der Waals surface area contributed by atoms with Crippen molar-refractivity contribution >= 4 is 27.5 Å². The van der Waals surface area contributed by atoms with E-state index in [1.807, 2.05) is 4.90 Å². The molecule has 44 heavy (non-hydrogen) atoms. The Morgan fingerprint density at radius 3 is 2.73 bits per heavy atom. The van der Waals surface area contributed by atoms with Crippen LogP contribution in [0.4, 0.5) is 14.6 Å². The van der Waals surface area contributed by atoms with Gasteiger partial charge < -0.3 is 20.1 Å². The second kappa shape index (κ2) is 11.2. The predicted octanol–water partition coefficient (Wildman–Crippen LogP) is 5.11. The van der Waals surface area contributed by atoms with E-state index in [9.17, 15) is 10.4 Å². The standard InChI is InChI=1S/C34H32F2N6O2/c1-2-21-6-3-7-22-16-24(43)17-25(28(21)22)29-27(35)18-26-31(30(29)36)39-33(44-20-34-9-4-13-42(34)14-5-10-34)40-32(26)41-15-12-38-23(19-41)8-11-37/h1,3,6-7,16-18,23,38,43H,4-5,8-10,12-15,19-20H2/t23-/m0/s1. The molecule has 1 aromatic heterocycles. The third-order valence-electron chi connectivity index (χ3n) is 9.40. The summed E-state index contributed by atoms with van der Waals surface area (Å²) in [5.74, 6) is 1.09. The maximum atomic E-state index is 16.8. The number of terminal acetylenes is 1. The first kappa shape index (κ1) is 28.3. The van der Waals surface area contributed by atoms with Gasteiger partial charge in [-0.1, -0.05) is 18.1 Å². The number of nitrogens with zero attached hydrogens (tertiary/aromatic N) is 5. The monoisotopic (exact) mass is 594 g/mol. The van der Waals surface area contributed by atoms with Gasteiger partial charge in [-0.25, -0.2) is 8.78 Å². The summed E-state index contributed by atoms with van der Waals surface area (Å²) in [5, 5.41) is 24.4. The molecule has 3 aromatic carbocycles. The Labute approximate surface area is 254 Å². The van der Waals surface area contributed by atoms with Crippen LogP contribution in [0.25, 0.3) is 32.8 Å². The van der Waals surface area contributed by atoms with Crippen molar-refractivity contribution in [2.45, 2.75) is 43.7 Å². The summed E-state index contributed by atoms with van der Waals surface area (Å²) in [6.07, 6.45) is 10.3. The fourth-order valence-corrected chi connectivity index (χ4v) is 7.37. The van der Waals surface area contributed by atoms with Crippen molar-refractivity contribution in [3.8, 4) is 41.3 Å². The average Bonchev–Trinajstić information content (AvgIpc) is 3.60. The fourth-order valence-electron chi connectivity index (χ4n) is 7.37. The zero-order chi connectivity index (χ0) is 30.4. The van der Waals surface area contributed by atoms with Crippen LogP contribution in [0, 0.1) is 35.3 Å². The summed E-state index contributed by atoms with van der Waals surface area (Å²) < 4.78 is 39.2. The number of phenols is 1. The number of nitriles is 1. The molecular weight excluding hydrogens is 562 g/mol. The molecule has 2 N–H and O–H groups in total. The molecule has 8 nitrogen and oxygen atoms in total. The van der Waals surface area contributed by atoms with E-state index in [0.29, 0.717) is 48.4 Å². The van der Waals surface area contributed by atoms with Crippen LogP contribution in [0.3, 0.4) is 0 Å². The summed E-state index contributed by atoms with van der Waals surface area (Å²) >= 11 is 0. The number of ether oxygens (including phenoxy) is 1. The SMILES string of the molecule is C#Cc1cccc2cc(O)cc(-c3c(F)cc4c(N5CCN[C@@H](CC#N)C5)nc(OCC56CCCN5CCC6)nc4c3F)c12. The minimum absolute atomic E-state index is 0.0255. The zero-order valence-corrected chi connectivity index (χ0v) is 24.2. The van der Waals surface area contributed by atoms with E-state index in [1.165, 1.54) is 18.2 Å². The highest BCUT2D eigenvalue weighted by atomic mass is 19.1. The zero-order valence-electron chi connectivity index (χ0n) is 24.2. The van der Waals surface area contributed by atoms with E-state index in [2.05, 4.69) is 27.2 Å². The van der Waals surface area contributed by atoms with Crippen LogP contribution >= 0.6 is 0 Å². The van der Waals surface area contributed by atoms with Crippen molar-refractivity contribution < 1.29 is 18.6 Å².